The van der Waals surface area contributed by atoms with E-state index in [-0.39, 0.29) is 5.28 Å². The average molecular weight is 243 g/mol. The summed E-state index contributed by atoms with van der Waals surface area (Å²) in [5, 5.41) is 9.33. The lowest BCUT2D eigenvalue weighted by Crippen LogP contribution is -1.95. The Bertz CT molecular complexity index is 470. The second-order valence-electron chi connectivity index (χ2n) is 3.27. The zero-order valence-corrected chi connectivity index (χ0v) is 10.1. The Morgan fingerprint density at radius 3 is 3.07 bits per heavy atom. The molecule has 0 spiro atoms. The molecule has 0 aliphatic rings. The molecule has 0 aliphatic heterocycles. The van der Waals surface area contributed by atoms with Crippen molar-refractivity contribution in [3.63, 3.8) is 0 Å². The fraction of sp³-hybridized carbons (Fsp3) is 0.444. The van der Waals surface area contributed by atoms with Gasteiger partial charge in [0.2, 0.25) is 5.28 Å². The highest BCUT2D eigenvalue weighted by atomic mass is 35.5. The molecule has 15 heavy (non-hydrogen) atoms. The van der Waals surface area contributed by atoms with Gasteiger partial charge in [-0.1, -0.05) is 13.8 Å². The number of halogens is 1. The van der Waals surface area contributed by atoms with E-state index in [9.17, 15) is 0 Å². The van der Waals surface area contributed by atoms with Crippen molar-refractivity contribution in [2.24, 2.45) is 0 Å². The van der Waals surface area contributed by atoms with Crippen molar-refractivity contribution in [3.05, 3.63) is 11.5 Å². The Morgan fingerprint density at radius 2 is 2.33 bits per heavy atom. The van der Waals surface area contributed by atoms with E-state index >= 15 is 0 Å². The van der Waals surface area contributed by atoms with E-state index in [1.165, 1.54) is 0 Å². The van der Waals surface area contributed by atoms with Crippen LogP contribution in [0.15, 0.2) is 11.2 Å². The highest BCUT2D eigenvalue weighted by Gasteiger charge is 2.11. The van der Waals surface area contributed by atoms with Crippen molar-refractivity contribution >= 4 is 34.4 Å². The Hall–Kier alpha value is -0.810. The molecular formula is C9H11ClN4S. The quantitative estimate of drug-likeness (QED) is 0.511. The summed E-state index contributed by atoms with van der Waals surface area (Å²) in [6.45, 7) is 4.31. The van der Waals surface area contributed by atoms with E-state index in [0.717, 1.165) is 16.8 Å². The van der Waals surface area contributed by atoms with Crippen molar-refractivity contribution in [2.75, 3.05) is 0 Å². The summed E-state index contributed by atoms with van der Waals surface area (Å²) in [5.41, 5.74) is 0.695. The zero-order valence-electron chi connectivity index (χ0n) is 8.49. The summed E-state index contributed by atoms with van der Waals surface area (Å²) < 4.78 is 0. The zero-order chi connectivity index (χ0) is 10.8. The number of nitrogens with one attached hydrogen (secondary N) is 1. The van der Waals surface area contributed by atoms with Crippen LogP contribution in [0.4, 0.5) is 0 Å². The third kappa shape index (κ3) is 2.23. The Labute approximate surface area is 96.8 Å². The van der Waals surface area contributed by atoms with Gasteiger partial charge in [-0.3, -0.25) is 5.10 Å². The lowest BCUT2D eigenvalue weighted by atomic mass is 10.4. The van der Waals surface area contributed by atoms with E-state index in [1.807, 2.05) is 0 Å². The summed E-state index contributed by atoms with van der Waals surface area (Å²) in [7, 11) is 0. The molecule has 4 nitrogen and oxygen atoms in total. The molecule has 0 saturated heterocycles. The first kappa shape index (κ1) is 10.7. The van der Waals surface area contributed by atoms with Crippen LogP contribution in [0.2, 0.25) is 5.28 Å². The highest BCUT2D eigenvalue weighted by molar-refractivity contribution is 8.00. The number of hydrogen-bond acceptors (Lipinski definition) is 4. The second kappa shape index (κ2) is 4.37. The van der Waals surface area contributed by atoms with Crippen LogP contribution >= 0.6 is 23.4 Å². The van der Waals surface area contributed by atoms with Crippen molar-refractivity contribution in [1.82, 2.24) is 20.2 Å². The molecule has 2 rings (SSSR count). The van der Waals surface area contributed by atoms with Gasteiger partial charge in [-0.15, -0.1) is 11.8 Å². The minimum atomic E-state index is 0.262. The van der Waals surface area contributed by atoms with Gasteiger partial charge in [-0.05, 0) is 18.0 Å². The van der Waals surface area contributed by atoms with Gasteiger partial charge in [-0.2, -0.15) is 10.1 Å². The number of fused-ring (bicyclic) bond motifs is 1. The topological polar surface area (TPSA) is 54.5 Å². The summed E-state index contributed by atoms with van der Waals surface area (Å²) >= 11 is 7.52. The third-order valence-electron chi connectivity index (χ3n) is 2.14. The van der Waals surface area contributed by atoms with Gasteiger partial charge in [0.25, 0.3) is 0 Å². The molecule has 0 aromatic carbocycles. The van der Waals surface area contributed by atoms with Crippen molar-refractivity contribution in [3.8, 4) is 0 Å². The third-order valence-corrected chi connectivity index (χ3v) is 3.57. The van der Waals surface area contributed by atoms with Gasteiger partial charge in [0, 0.05) is 5.25 Å². The first-order chi connectivity index (χ1) is 7.20. The fourth-order valence-electron chi connectivity index (χ4n) is 1.15. The number of nitrogens with zero attached hydrogens (tertiary/aromatic N) is 3. The number of hydrogen-bond donors (Lipinski definition) is 1. The predicted molar refractivity (Wildman–Crippen MR) is 62.3 cm³/mol. The average Bonchev–Trinajstić information content (AvgIpc) is 2.65. The maximum absolute atomic E-state index is 5.82. The molecule has 1 N–H and O–H groups in total. The normalized spacial score (nSPS) is 13.3. The van der Waals surface area contributed by atoms with Crippen LogP contribution in [0.3, 0.4) is 0 Å². The van der Waals surface area contributed by atoms with Crippen molar-refractivity contribution in [2.45, 2.75) is 30.5 Å². The molecule has 1 unspecified atom stereocenters. The molecule has 1 atom stereocenters. The molecule has 0 aliphatic carbocycles. The van der Waals surface area contributed by atoms with Crippen LogP contribution in [0.1, 0.15) is 20.3 Å². The van der Waals surface area contributed by atoms with Crippen molar-refractivity contribution in [1.29, 1.82) is 0 Å². The molecule has 0 radical (unpaired) electrons. The fourth-order valence-corrected chi connectivity index (χ4v) is 2.33. The largest absolute Gasteiger partial charge is 0.261 e. The van der Waals surface area contributed by atoms with Gasteiger partial charge < -0.3 is 0 Å². The predicted octanol–water partition coefficient (Wildman–Crippen LogP) is 2.90. The van der Waals surface area contributed by atoms with Crippen LogP contribution in [0, 0.1) is 0 Å². The summed E-state index contributed by atoms with van der Waals surface area (Å²) in [6, 6.07) is 0. The summed E-state index contributed by atoms with van der Waals surface area (Å²) in [4.78, 5) is 8.27. The SMILES string of the molecule is CCC(C)Sc1nc(Cl)nc2[nH]ncc12. The molecule has 0 saturated carbocycles. The first-order valence-corrected chi connectivity index (χ1v) is 5.99. The van der Waals surface area contributed by atoms with Gasteiger partial charge in [0.1, 0.15) is 5.03 Å². The highest BCUT2D eigenvalue weighted by Crippen LogP contribution is 2.29. The van der Waals surface area contributed by atoms with Crippen LogP contribution in [-0.4, -0.2) is 25.4 Å². The minimum Gasteiger partial charge on any atom is -0.261 e. The molecule has 0 amide bonds. The lowest BCUT2D eigenvalue weighted by Gasteiger charge is -2.07. The number of H-pyrrole nitrogens is 1. The van der Waals surface area contributed by atoms with E-state index in [1.54, 1.807) is 18.0 Å². The maximum atomic E-state index is 5.82. The molecule has 6 heteroatoms. The Kier molecular flexibility index (Phi) is 3.11. The Balaban J connectivity index is 2.44. The molecule has 80 valence electrons. The molecule has 0 bridgehead atoms. The lowest BCUT2D eigenvalue weighted by molar-refractivity contribution is 0.901. The Morgan fingerprint density at radius 1 is 1.53 bits per heavy atom. The number of aromatic nitrogens is 4. The van der Waals surface area contributed by atoms with E-state index < -0.39 is 0 Å². The number of aromatic amines is 1. The van der Waals surface area contributed by atoms with Gasteiger partial charge >= 0.3 is 0 Å². The molecule has 2 aromatic heterocycles. The first-order valence-electron chi connectivity index (χ1n) is 4.74. The molecular weight excluding hydrogens is 232 g/mol. The van der Waals surface area contributed by atoms with Crippen LogP contribution in [0.25, 0.3) is 11.0 Å². The maximum Gasteiger partial charge on any atom is 0.225 e. The molecule has 2 aromatic rings. The molecule has 0 fully saturated rings. The minimum absolute atomic E-state index is 0.262. The second-order valence-corrected chi connectivity index (χ2v) is 5.03. The summed E-state index contributed by atoms with van der Waals surface area (Å²) in [6.07, 6.45) is 2.82. The van der Waals surface area contributed by atoms with Crippen LogP contribution in [0.5, 0.6) is 0 Å². The van der Waals surface area contributed by atoms with Crippen LogP contribution in [-0.2, 0) is 0 Å². The van der Waals surface area contributed by atoms with Crippen molar-refractivity contribution < 1.29 is 0 Å². The number of rotatable bonds is 3. The van der Waals surface area contributed by atoms with Gasteiger partial charge in [0.15, 0.2) is 5.65 Å². The smallest absolute Gasteiger partial charge is 0.225 e. The van der Waals surface area contributed by atoms with Gasteiger partial charge in [0.05, 0.1) is 11.6 Å². The van der Waals surface area contributed by atoms with E-state index in [2.05, 4.69) is 34.0 Å². The molecule has 2 heterocycles. The van der Waals surface area contributed by atoms with Crippen LogP contribution < -0.4 is 0 Å². The number of thioether (sulfide) groups is 1. The van der Waals surface area contributed by atoms with E-state index in [0.29, 0.717) is 10.9 Å². The standard InChI is InChI=1S/C9H11ClN4S/c1-3-5(2)15-8-6-4-11-14-7(6)12-9(10)13-8/h4-5H,3H2,1-2H3,(H,11,12,13,14). The van der Waals surface area contributed by atoms with Gasteiger partial charge in [-0.25, -0.2) is 4.98 Å². The van der Waals surface area contributed by atoms with E-state index in [4.69, 9.17) is 11.6 Å². The monoisotopic (exact) mass is 242 g/mol. The summed E-state index contributed by atoms with van der Waals surface area (Å²) in [5.74, 6) is 0.